The highest BCUT2D eigenvalue weighted by Crippen LogP contribution is 2.05. The van der Waals surface area contributed by atoms with E-state index in [0.717, 1.165) is 0 Å². The maximum Gasteiger partial charge on any atom is 0.320 e. The number of carboxylic acids is 1. The molecule has 1 atom stereocenters. The van der Waals surface area contributed by atoms with E-state index in [2.05, 4.69) is 6.58 Å². The predicted octanol–water partition coefficient (Wildman–Crippen LogP) is -0.177. The van der Waals surface area contributed by atoms with Crippen molar-refractivity contribution in [2.24, 2.45) is 5.73 Å². The van der Waals surface area contributed by atoms with Crippen LogP contribution in [-0.4, -0.2) is 41.5 Å². The van der Waals surface area contributed by atoms with Crippen molar-refractivity contribution in [3.63, 3.8) is 0 Å². The van der Waals surface area contributed by atoms with Gasteiger partial charge < -0.3 is 10.8 Å². The normalized spacial score (nSPS) is 12.4. The average Bonchev–Trinajstić information content (AvgIpc) is 2.03. The van der Waals surface area contributed by atoms with E-state index in [-0.39, 0.29) is 12.8 Å². The van der Waals surface area contributed by atoms with Crippen molar-refractivity contribution in [2.75, 3.05) is 13.6 Å². The first-order valence-electron chi connectivity index (χ1n) is 4.31. The molecule has 5 heteroatoms. The third-order valence-corrected chi connectivity index (χ3v) is 1.90. The molecular weight excluding hydrogens is 184 g/mol. The third kappa shape index (κ3) is 4.61. The second-order valence-corrected chi connectivity index (χ2v) is 3.09. The summed E-state index contributed by atoms with van der Waals surface area (Å²) in [6.45, 7) is 3.98. The lowest BCUT2D eigenvalue weighted by Gasteiger charge is -2.22. The summed E-state index contributed by atoms with van der Waals surface area (Å²) in [7, 11) is 1.67. The van der Waals surface area contributed by atoms with E-state index in [0.29, 0.717) is 6.54 Å². The number of nitrogens with zero attached hydrogens (tertiary/aromatic N) is 1. The minimum atomic E-state index is -0.949. The Morgan fingerprint density at radius 2 is 2.21 bits per heavy atom. The molecule has 0 aliphatic heterocycles. The van der Waals surface area contributed by atoms with Gasteiger partial charge in [0.15, 0.2) is 0 Å². The maximum absolute atomic E-state index is 10.8. The molecule has 5 nitrogen and oxygen atoms in total. The molecule has 1 unspecified atom stereocenters. The fourth-order valence-corrected chi connectivity index (χ4v) is 1.14. The van der Waals surface area contributed by atoms with Gasteiger partial charge in [-0.25, -0.2) is 0 Å². The van der Waals surface area contributed by atoms with Gasteiger partial charge in [0.1, 0.15) is 6.04 Å². The van der Waals surface area contributed by atoms with Crippen LogP contribution in [0.3, 0.4) is 0 Å². The van der Waals surface area contributed by atoms with Crippen LogP contribution in [0.1, 0.15) is 12.8 Å². The van der Waals surface area contributed by atoms with Gasteiger partial charge in [0.25, 0.3) is 0 Å². The lowest BCUT2D eigenvalue weighted by Crippen LogP contribution is -2.39. The van der Waals surface area contributed by atoms with Crippen molar-refractivity contribution >= 4 is 11.9 Å². The zero-order valence-electron chi connectivity index (χ0n) is 8.27. The molecule has 0 saturated carbocycles. The molecule has 0 fully saturated rings. The first-order chi connectivity index (χ1) is 6.49. The van der Waals surface area contributed by atoms with Crippen LogP contribution in [0.4, 0.5) is 0 Å². The summed E-state index contributed by atoms with van der Waals surface area (Å²) in [5.41, 5.74) is 4.94. The van der Waals surface area contributed by atoms with Crippen molar-refractivity contribution in [1.82, 2.24) is 4.90 Å². The van der Waals surface area contributed by atoms with Crippen LogP contribution in [0.2, 0.25) is 0 Å². The Hall–Kier alpha value is -1.36. The van der Waals surface area contributed by atoms with Gasteiger partial charge in [-0.2, -0.15) is 0 Å². The molecule has 0 spiro atoms. The van der Waals surface area contributed by atoms with Gasteiger partial charge in [-0.3, -0.25) is 14.5 Å². The number of hydrogen-bond acceptors (Lipinski definition) is 3. The van der Waals surface area contributed by atoms with E-state index in [4.69, 9.17) is 10.8 Å². The molecule has 0 saturated heterocycles. The highest BCUT2D eigenvalue weighted by atomic mass is 16.4. The van der Waals surface area contributed by atoms with E-state index in [1.165, 1.54) is 0 Å². The standard InChI is InChI=1S/C9H16N2O3/c1-3-6-11(2)7(9(13)14)4-5-8(10)12/h3,7H,1,4-6H2,2H3,(H2,10,12)(H,13,14). The van der Waals surface area contributed by atoms with Gasteiger partial charge >= 0.3 is 5.97 Å². The first kappa shape index (κ1) is 12.6. The fourth-order valence-electron chi connectivity index (χ4n) is 1.14. The zero-order valence-corrected chi connectivity index (χ0v) is 8.27. The molecule has 0 aromatic heterocycles. The van der Waals surface area contributed by atoms with Crippen LogP contribution in [0.5, 0.6) is 0 Å². The van der Waals surface area contributed by atoms with Crippen LogP contribution in [0, 0.1) is 0 Å². The van der Waals surface area contributed by atoms with Crippen LogP contribution < -0.4 is 5.73 Å². The minimum Gasteiger partial charge on any atom is -0.480 e. The lowest BCUT2D eigenvalue weighted by atomic mass is 10.1. The van der Waals surface area contributed by atoms with Gasteiger partial charge in [0, 0.05) is 13.0 Å². The molecule has 0 bridgehead atoms. The number of primary amides is 1. The number of nitrogens with two attached hydrogens (primary N) is 1. The number of carboxylic acid groups (broad SMARTS) is 1. The highest BCUT2D eigenvalue weighted by Gasteiger charge is 2.21. The molecule has 0 rings (SSSR count). The quantitative estimate of drug-likeness (QED) is 0.558. The molecule has 80 valence electrons. The Morgan fingerprint density at radius 3 is 2.57 bits per heavy atom. The maximum atomic E-state index is 10.8. The zero-order chi connectivity index (χ0) is 11.1. The molecule has 14 heavy (non-hydrogen) atoms. The van der Waals surface area contributed by atoms with E-state index in [9.17, 15) is 9.59 Å². The molecule has 3 N–H and O–H groups in total. The highest BCUT2D eigenvalue weighted by molar-refractivity contribution is 5.77. The van der Waals surface area contributed by atoms with Crippen molar-refractivity contribution in [3.8, 4) is 0 Å². The molecule has 0 aromatic rings. The van der Waals surface area contributed by atoms with Crippen molar-refractivity contribution in [3.05, 3.63) is 12.7 Å². The van der Waals surface area contributed by atoms with Gasteiger partial charge in [-0.1, -0.05) is 6.08 Å². The number of carbonyl (C=O) groups is 2. The molecule has 0 radical (unpaired) electrons. The Balaban J connectivity index is 4.20. The second kappa shape index (κ2) is 6.15. The van der Waals surface area contributed by atoms with E-state index in [1.54, 1.807) is 18.0 Å². The van der Waals surface area contributed by atoms with Crippen LogP contribution in [0.15, 0.2) is 12.7 Å². The lowest BCUT2D eigenvalue weighted by molar-refractivity contribution is -0.142. The number of likely N-dealkylation sites (N-methyl/N-ethyl adjacent to an activating group) is 1. The van der Waals surface area contributed by atoms with Crippen molar-refractivity contribution in [2.45, 2.75) is 18.9 Å². The Morgan fingerprint density at radius 1 is 1.64 bits per heavy atom. The van der Waals surface area contributed by atoms with E-state index < -0.39 is 17.9 Å². The summed E-state index contributed by atoms with van der Waals surface area (Å²) in [5.74, 6) is -1.43. The van der Waals surface area contributed by atoms with E-state index in [1.807, 2.05) is 0 Å². The van der Waals surface area contributed by atoms with Gasteiger partial charge in [0.05, 0.1) is 0 Å². The van der Waals surface area contributed by atoms with Gasteiger partial charge in [-0.15, -0.1) is 6.58 Å². The molecule has 0 heterocycles. The molecular formula is C9H16N2O3. The fraction of sp³-hybridized carbons (Fsp3) is 0.556. The Kier molecular flexibility index (Phi) is 5.55. The number of hydrogen-bond donors (Lipinski definition) is 2. The summed E-state index contributed by atoms with van der Waals surface area (Å²) in [5, 5.41) is 8.86. The van der Waals surface area contributed by atoms with Gasteiger partial charge in [-0.05, 0) is 13.5 Å². The smallest absolute Gasteiger partial charge is 0.320 e. The number of amides is 1. The summed E-state index contributed by atoms with van der Waals surface area (Å²) >= 11 is 0. The summed E-state index contributed by atoms with van der Waals surface area (Å²) in [6.07, 6.45) is 1.92. The number of aliphatic carboxylic acids is 1. The molecule has 1 amide bonds. The Labute approximate surface area is 83.2 Å². The predicted molar refractivity (Wildman–Crippen MR) is 52.7 cm³/mol. The van der Waals surface area contributed by atoms with Crippen LogP contribution in [0.25, 0.3) is 0 Å². The minimum absolute atomic E-state index is 0.0818. The second-order valence-electron chi connectivity index (χ2n) is 3.09. The monoisotopic (exact) mass is 200 g/mol. The topological polar surface area (TPSA) is 83.6 Å². The van der Waals surface area contributed by atoms with Crippen molar-refractivity contribution < 1.29 is 14.7 Å². The largest absolute Gasteiger partial charge is 0.480 e. The molecule has 0 aliphatic carbocycles. The van der Waals surface area contributed by atoms with E-state index >= 15 is 0 Å². The van der Waals surface area contributed by atoms with Crippen LogP contribution >= 0.6 is 0 Å². The Bertz CT molecular complexity index is 228. The summed E-state index contributed by atoms with van der Waals surface area (Å²) in [4.78, 5) is 22.9. The SMILES string of the molecule is C=CCN(C)C(CCC(N)=O)C(=O)O. The summed E-state index contributed by atoms with van der Waals surface area (Å²) in [6, 6.07) is -0.680. The average molecular weight is 200 g/mol. The van der Waals surface area contributed by atoms with Crippen LogP contribution in [-0.2, 0) is 9.59 Å². The van der Waals surface area contributed by atoms with Gasteiger partial charge in [0.2, 0.25) is 5.91 Å². The number of carbonyl (C=O) groups excluding carboxylic acids is 1. The number of rotatable bonds is 7. The summed E-state index contributed by atoms with van der Waals surface area (Å²) < 4.78 is 0. The first-order valence-corrected chi connectivity index (χ1v) is 4.31. The molecule has 0 aromatic carbocycles. The third-order valence-electron chi connectivity index (χ3n) is 1.90. The van der Waals surface area contributed by atoms with Crippen molar-refractivity contribution in [1.29, 1.82) is 0 Å². The molecule has 0 aliphatic rings.